The lowest BCUT2D eigenvalue weighted by atomic mass is 9.98. The van der Waals surface area contributed by atoms with Crippen molar-refractivity contribution in [3.63, 3.8) is 0 Å². The van der Waals surface area contributed by atoms with Crippen molar-refractivity contribution in [2.24, 2.45) is 5.92 Å². The zero-order chi connectivity index (χ0) is 13.1. The van der Waals surface area contributed by atoms with Gasteiger partial charge in [0.15, 0.2) is 0 Å². The molecule has 0 spiro atoms. The summed E-state index contributed by atoms with van der Waals surface area (Å²) in [6.07, 6.45) is 2.11. The fourth-order valence-corrected chi connectivity index (χ4v) is 3.59. The molecule has 18 heavy (non-hydrogen) atoms. The monoisotopic (exact) mass is 266 g/mol. The van der Waals surface area contributed by atoms with Crippen LogP contribution in [-0.4, -0.2) is 19.0 Å². The maximum atomic E-state index is 12.2. The zero-order valence-electron chi connectivity index (χ0n) is 11.4. The van der Waals surface area contributed by atoms with E-state index in [1.54, 1.807) is 11.3 Å². The van der Waals surface area contributed by atoms with Gasteiger partial charge in [-0.1, -0.05) is 0 Å². The molecule has 0 saturated carbocycles. The molecule has 4 heteroatoms. The summed E-state index contributed by atoms with van der Waals surface area (Å²) in [5.74, 6) is 0.333. The summed E-state index contributed by atoms with van der Waals surface area (Å²) >= 11 is 1.80. The minimum Gasteiger partial charge on any atom is -0.349 e. The van der Waals surface area contributed by atoms with Crippen LogP contribution in [0.2, 0.25) is 0 Å². The van der Waals surface area contributed by atoms with Crippen LogP contribution in [0.3, 0.4) is 0 Å². The number of hydrogen-bond donors (Lipinski definition) is 2. The van der Waals surface area contributed by atoms with Gasteiger partial charge in [-0.3, -0.25) is 4.79 Å². The second-order valence-corrected chi connectivity index (χ2v) is 6.60. The van der Waals surface area contributed by atoms with Gasteiger partial charge in [-0.2, -0.15) is 0 Å². The van der Waals surface area contributed by atoms with Crippen LogP contribution in [-0.2, 0) is 4.79 Å². The number of carbonyl (C=O) groups is 1. The van der Waals surface area contributed by atoms with E-state index >= 15 is 0 Å². The molecular formula is C14H22N2OS. The maximum absolute atomic E-state index is 12.2. The molecule has 1 aromatic rings. The first kappa shape index (κ1) is 13.6. The van der Waals surface area contributed by atoms with Gasteiger partial charge < -0.3 is 10.6 Å². The molecule has 2 heterocycles. The van der Waals surface area contributed by atoms with Crippen LogP contribution in [0.15, 0.2) is 6.07 Å². The lowest BCUT2D eigenvalue weighted by Gasteiger charge is -2.24. The van der Waals surface area contributed by atoms with Crippen molar-refractivity contribution in [1.29, 1.82) is 0 Å². The Morgan fingerprint density at radius 1 is 1.56 bits per heavy atom. The van der Waals surface area contributed by atoms with Crippen molar-refractivity contribution in [2.75, 3.05) is 13.1 Å². The molecular weight excluding hydrogens is 244 g/mol. The highest BCUT2D eigenvalue weighted by Gasteiger charge is 2.23. The standard InChI is InChI=1S/C14H22N2OS/c1-9-7-13(11(3)18-9)10(2)16-14(17)12-5-4-6-15-8-12/h7,10,12,15H,4-6,8H2,1-3H3,(H,16,17). The lowest BCUT2D eigenvalue weighted by Crippen LogP contribution is -2.41. The maximum Gasteiger partial charge on any atom is 0.224 e. The number of amides is 1. The number of thiophene rings is 1. The molecule has 3 nitrogen and oxygen atoms in total. The van der Waals surface area contributed by atoms with Crippen LogP contribution < -0.4 is 10.6 Å². The summed E-state index contributed by atoms with van der Waals surface area (Å²) < 4.78 is 0. The zero-order valence-corrected chi connectivity index (χ0v) is 12.2. The van der Waals surface area contributed by atoms with Gasteiger partial charge in [0.2, 0.25) is 5.91 Å². The van der Waals surface area contributed by atoms with Crippen LogP contribution in [0.4, 0.5) is 0 Å². The Morgan fingerprint density at radius 2 is 2.33 bits per heavy atom. The topological polar surface area (TPSA) is 41.1 Å². The van der Waals surface area contributed by atoms with Gasteiger partial charge in [0.1, 0.15) is 0 Å². The molecule has 1 amide bonds. The molecule has 0 aromatic carbocycles. The first-order chi connectivity index (χ1) is 8.58. The van der Waals surface area contributed by atoms with Crippen LogP contribution in [0.1, 0.15) is 41.1 Å². The molecule has 0 bridgehead atoms. The summed E-state index contributed by atoms with van der Waals surface area (Å²) in [6.45, 7) is 8.17. The van der Waals surface area contributed by atoms with Crippen molar-refractivity contribution >= 4 is 17.2 Å². The molecule has 1 saturated heterocycles. The number of rotatable bonds is 3. The predicted molar refractivity (Wildman–Crippen MR) is 75.9 cm³/mol. The summed E-state index contributed by atoms with van der Waals surface area (Å²) in [5.41, 5.74) is 1.26. The molecule has 1 fully saturated rings. The number of carbonyl (C=O) groups excluding carboxylic acids is 1. The molecule has 0 aliphatic carbocycles. The summed E-state index contributed by atoms with van der Waals surface area (Å²) in [6, 6.07) is 2.30. The van der Waals surface area contributed by atoms with Crippen molar-refractivity contribution in [3.05, 3.63) is 21.4 Å². The lowest BCUT2D eigenvalue weighted by molar-refractivity contribution is -0.126. The highest BCUT2D eigenvalue weighted by molar-refractivity contribution is 7.12. The van der Waals surface area contributed by atoms with E-state index in [1.807, 2.05) is 0 Å². The number of piperidine rings is 1. The van der Waals surface area contributed by atoms with Crippen LogP contribution in [0, 0.1) is 19.8 Å². The average molecular weight is 266 g/mol. The van der Waals surface area contributed by atoms with Gasteiger partial charge in [0.25, 0.3) is 0 Å². The molecule has 2 rings (SSSR count). The van der Waals surface area contributed by atoms with Gasteiger partial charge >= 0.3 is 0 Å². The van der Waals surface area contributed by atoms with E-state index < -0.39 is 0 Å². The van der Waals surface area contributed by atoms with Gasteiger partial charge in [0.05, 0.1) is 12.0 Å². The molecule has 2 unspecified atom stereocenters. The van der Waals surface area contributed by atoms with E-state index in [9.17, 15) is 4.79 Å². The first-order valence-electron chi connectivity index (χ1n) is 6.66. The normalized spacial score (nSPS) is 21.6. The summed E-state index contributed by atoms with van der Waals surface area (Å²) in [4.78, 5) is 14.8. The van der Waals surface area contributed by atoms with E-state index in [2.05, 4.69) is 37.5 Å². The van der Waals surface area contributed by atoms with Crippen molar-refractivity contribution in [2.45, 2.75) is 39.7 Å². The largest absolute Gasteiger partial charge is 0.349 e. The molecule has 2 atom stereocenters. The van der Waals surface area contributed by atoms with E-state index in [0.717, 1.165) is 25.9 Å². The third-order valence-corrected chi connectivity index (χ3v) is 4.55. The van der Waals surface area contributed by atoms with E-state index in [1.165, 1.54) is 15.3 Å². The van der Waals surface area contributed by atoms with E-state index in [4.69, 9.17) is 0 Å². The number of hydrogen-bond acceptors (Lipinski definition) is 3. The minimum atomic E-state index is 0.115. The molecule has 100 valence electrons. The predicted octanol–water partition coefficient (Wildman–Crippen LogP) is 2.54. The first-order valence-corrected chi connectivity index (χ1v) is 7.47. The van der Waals surface area contributed by atoms with Crippen LogP contribution in [0.25, 0.3) is 0 Å². The Bertz CT molecular complexity index is 421. The third kappa shape index (κ3) is 3.12. The second kappa shape index (κ2) is 5.85. The third-order valence-electron chi connectivity index (χ3n) is 3.57. The average Bonchev–Trinajstić information content (AvgIpc) is 2.69. The Morgan fingerprint density at radius 3 is 2.89 bits per heavy atom. The Kier molecular flexibility index (Phi) is 4.40. The number of aryl methyl sites for hydroxylation is 2. The fourth-order valence-electron chi connectivity index (χ4n) is 2.56. The molecule has 2 N–H and O–H groups in total. The highest BCUT2D eigenvalue weighted by atomic mass is 32.1. The van der Waals surface area contributed by atoms with E-state index in [-0.39, 0.29) is 17.9 Å². The van der Waals surface area contributed by atoms with Gasteiger partial charge in [0, 0.05) is 16.3 Å². The minimum absolute atomic E-state index is 0.115. The van der Waals surface area contributed by atoms with Crippen molar-refractivity contribution in [3.8, 4) is 0 Å². The molecule has 1 aliphatic rings. The quantitative estimate of drug-likeness (QED) is 0.883. The number of nitrogens with one attached hydrogen (secondary N) is 2. The molecule has 1 aromatic heterocycles. The second-order valence-electron chi connectivity index (χ2n) is 5.14. The molecule has 0 radical (unpaired) electrons. The Labute approximate surface area is 113 Å². The molecule has 1 aliphatic heterocycles. The van der Waals surface area contributed by atoms with Gasteiger partial charge in [-0.25, -0.2) is 0 Å². The van der Waals surface area contributed by atoms with Crippen LogP contribution >= 0.6 is 11.3 Å². The SMILES string of the molecule is Cc1cc(C(C)NC(=O)C2CCCNC2)c(C)s1. The summed E-state index contributed by atoms with van der Waals surface area (Å²) in [7, 11) is 0. The smallest absolute Gasteiger partial charge is 0.224 e. The van der Waals surface area contributed by atoms with E-state index in [0.29, 0.717) is 0 Å². The highest BCUT2D eigenvalue weighted by Crippen LogP contribution is 2.26. The Hall–Kier alpha value is -0.870. The Balaban J connectivity index is 1.96. The van der Waals surface area contributed by atoms with Crippen molar-refractivity contribution < 1.29 is 4.79 Å². The summed E-state index contributed by atoms with van der Waals surface area (Å²) in [5, 5.41) is 6.43. The van der Waals surface area contributed by atoms with Crippen LogP contribution in [0.5, 0.6) is 0 Å². The fraction of sp³-hybridized carbons (Fsp3) is 0.643. The van der Waals surface area contributed by atoms with Gasteiger partial charge in [-0.15, -0.1) is 11.3 Å². The van der Waals surface area contributed by atoms with Gasteiger partial charge in [-0.05, 0) is 51.8 Å². The van der Waals surface area contributed by atoms with Crippen molar-refractivity contribution in [1.82, 2.24) is 10.6 Å².